The summed E-state index contributed by atoms with van der Waals surface area (Å²) in [4.78, 5) is 10.5. The molecule has 3 heteroatoms. The molecule has 1 heterocycles. The molecule has 0 fully saturated rings. The highest BCUT2D eigenvalue weighted by atomic mass is 16.3. The molecule has 0 radical (unpaired) electrons. The third-order valence-electron chi connectivity index (χ3n) is 11.7. The quantitative estimate of drug-likeness (QED) is 0.118. The second kappa shape index (κ2) is 14.0. The number of amidine groups is 1. The van der Waals surface area contributed by atoms with Crippen LogP contribution >= 0.6 is 0 Å². The molecular weight excluding hydrogens is 705 g/mol. The van der Waals surface area contributed by atoms with Gasteiger partial charge in [0.05, 0.1) is 17.0 Å². The zero-order valence-corrected chi connectivity index (χ0v) is 32.5. The van der Waals surface area contributed by atoms with Crippen LogP contribution in [0.1, 0.15) is 41.7 Å². The molecule has 8 aromatic carbocycles. The first-order chi connectivity index (χ1) is 28.4. The molecule has 0 bridgehead atoms. The summed E-state index contributed by atoms with van der Waals surface area (Å²) in [5.41, 5.74) is 15.2. The van der Waals surface area contributed by atoms with Crippen molar-refractivity contribution >= 4 is 50.0 Å². The first-order valence-electron chi connectivity index (χ1n) is 19.7. The topological polar surface area (TPSA) is 37.9 Å². The van der Waals surface area contributed by atoms with Gasteiger partial charge >= 0.3 is 0 Å². The number of rotatable bonds is 7. The fourth-order valence-corrected chi connectivity index (χ4v) is 8.67. The third kappa shape index (κ3) is 5.91. The minimum Gasteiger partial charge on any atom is -0.455 e. The van der Waals surface area contributed by atoms with Gasteiger partial charge in [0.2, 0.25) is 0 Å². The van der Waals surface area contributed by atoms with Crippen LogP contribution < -0.4 is 0 Å². The van der Waals surface area contributed by atoms with E-state index < -0.39 is 0 Å². The summed E-state index contributed by atoms with van der Waals surface area (Å²) in [5.74, 6) is 0.490. The minimum absolute atomic E-state index is 0.0473. The highest BCUT2D eigenvalue weighted by Gasteiger charge is 2.35. The Morgan fingerprint density at radius 3 is 2.03 bits per heavy atom. The molecule has 276 valence electrons. The Balaban J connectivity index is 1.17. The Bertz CT molecular complexity index is 3160. The van der Waals surface area contributed by atoms with E-state index in [4.69, 9.17) is 14.4 Å². The first kappa shape index (κ1) is 35.1. The standard InChI is InChI=1S/C55H40N2O/c1-5-50(42-23-16-22-38(31-42)37-19-10-7-11-20-37)57-54(56-35(2)36-17-8-6-9-18-36)47-33-41-21-12-13-24-43(41)52-45-29-27-40(34-51(45)58-53(47)52)39-28-30-49-46(32-39)44-25-14-15-26-48(44)55(49,3)4/h5-34H,1-2H2,3-4H3. The molecule has 58 heavy (non-hydrogen) atoms. The highest BCUT2D eigenvalue weighted by Crippen LogP contribution is 2.50. The Morgan fingerprint density at radius 1 is 0.552 bits per heavy atom. The molecule has 10 rings (SSSR count). The predicted molar refractivity (Wildman–Crippen MR) is 245 cm³/mol. The Kier molecular flexibility index (Phi) is 8.46. The fourth-order valence-electron chi connectivity index (χ4n) is 8.67. The van der Waals surface area contributed by atoms with Crippen molar-refractivity contribution in [3.8, 4) is 33.4 Å². The molecule has 0 aliphatic heterocycles. The summed E-state index contributed by atoms with van der Waals surface area (Å²) >= 11 is 0. The van der Waals surface area contributed by atoms with Crippen LogP contribution in [0.5, 0.6) is 0 Å². The summed E-state index contributed by atoms with van der Waals surface area (Å²) in [5, 5.41) is 4.23. The van der Waals surface area contributed by atoms with E-state index in [9.17, 15) is 0 Å². The number of nitrogens with zero attached hydrogens (tertiary/aromatic N) is 2. The fraction of sp³-hybridized carbons (Fsp3) is 0.0545. The van der Waals surface area contributed by atoms with Gasteiger partial charge < -0.3 is 4.42 Å². The maximum atomic E-state index is 7.00. The van der Waals surface area contributed by atoms with Crippen LogP contribution in [0.4, 0.5) is 0 Å². The normalized spacial score (nSPS) is 13.5. The van der Waals surface area contributed by atoms with E-state index in [1.165, 1.54) is 22.3 Å². The Morgan fingerprint density at radius 2 is 1.21 bits per heavy atom. The van der Waals surface area contributed by atoms with Gasteiger partial charge in [-0.25, -0.2) is 9.98 Å². The lowest BCUT2D eigenvalue weighted by molar-refractivity contribution is 0.660. The van der Waals surface area contributed by atoms with E-state index in [-0.39, 0.29) is 5.41 Å². The van der Waals surface area contributed by atoms with Crippen molar-refractivity contribution in [2.24, 2.45) is 9.98 Å². The van der Waals surface area contributed by atoms with Gasteiger partial charge in [0, 0.05) is 21.8 Å². The van der Waals surface area contributed by atoms with Crippen LogP contribution in [0.2, 0.25) is 0 Å². The number of benzene rings is 8. The SMILES string of the molecule is C=CC(=NC(=NC(=C)c1ccccc1)c1cc2ccccc2c2c1oc1cc(-c3ccc4c(c3)-c3ccccc3C4(C)C)ccc12)c1cccc(-c2ccccc2)c1. The molecule has 0 saturated carbocycles. The van der Waals surface area contributed by atoms with E-state index in [1.807, 2.05) is 36.4 Å². The third-order valence-corrected chi connectivity index (χ3v) is 11.7. The molecule has 0 saturated heterocycles. The molecule has 1 aromatic heterocycles. The van der Waals surface area contributed by atoms with Crippen LogP contribution in [-0.4, -0.2) is 11.5 Å². The summed E-state index contributed by atoms with van der Waals surface area (Å²) in [6.07, 6.45) is 1.80. The van der Waals surface area contributed by atoms with Gasteiger partial charge in [-0.1, -0.05) is 173 Å². The van der Waals surface area contributed by atoms with Crippen LogP contribution in [0.15, 0.2) is 210 Å². The maximum absolute atomic E-state index is 7.00. The molecule has 0 spiro atoms. The van der Waals surface area contributed by atoms with Crippen LogP contribution in [0, 0.1) is 0 Å². The van der Waals surface area contributed by atoms with Gasteiger partial charge in [0.25, 0.3) is 0 Å². The number of allylic oxidation sites excluding steroid dienone is 1. The summed E-state index contributed by atoms with van der Waals surface area (Å²) in [6.45, 7) is 13.3. The minimum atomic E-state index is -0.0473. The smallest absolute Gasteiger partial charge is 0.164 e. The van der Waals surface area contributed by atoms with Gasteiger partial charge in [0.1, 0.15) is 11.2 Å². The van der Waals surface area contributed by atoms with E-state index in [0.29, 0.717) is 17.2 Å². The summed E-state index contributed by atoms with van der Waals surface area (Å²) < 4.78 is 7.00. The second-order valence-corrected chi connectivity index (χ2v) is 15.5. The number of hydrogen-bond acceptors (Lipinski definition) is 2. The van der Waals surface area contributed by atoms with Crippen LogP contribution in [0.25, 0.3) is 71.8 Å². The van der Waals surface area contributed by atoms with Gasteiger partial charge in [-0.3, -0.25) is 0 Å². The average Bonchev–Trinajstić information content (AvgIpc) is 3.77. The van der Waals surface area contributed by atoms with E-state index in [0.717, 1.165) is 71.7 Å². The van der Waals surface area contributed by atoms with E-state index in [1.54, 1.807) is 6.08 Å². The largest absolute Gasteiger partial charge is 0.455 e. The van der Waals surface area contributed by atoms with Crippen molar-refractivity contribution in [1.29, 1.82) is 0 Å². The molecule has 1 aliphatic rings. The molecule has 0 N–H and O–H groups in total. The first-order valence-corrected chi connectivity index (χ1v) is 19.7. The van der Waals surface area contributed by atoms with Gasteiger partial charge in [-0.15, -0.1) is 0 Å². The second-order valence-electron chi connectivity index (χ2n) is 15.5. The number of hydrogen-bond donors (Lipinski definition) is 0. The summed E-state index contributed by atoms with van der Waals surface area (Å²) in [7, 11) is 0. The zero-order valence-electron chi connectivity index (χ0n) is 32.5. The Hall–Kier alpha value is -7.36. The van der Waals surface area contributed by atoms with Crippen molar-refractivity contribution < 1.29 is 4.42 Å². The molecule has 3 nitrogen and oxygen atoms in total. The van der Waals surface area contributed by atoms with Gasteiger partial charge in [0.15, 0.2) is 5.84 Å². The molecular formula is C55H40N2O. The Labute approximate surface area is 338 Å². The zero-order chi connectivity index (χ0) is 39.4. The van der Waals surface area contributed by atoms with Crippen molar-refractivity contribution in [3.05, 3.63) is 223 Å². The van der Waals surface area contributed by atoms with Crippen LogP contribution in [0.3, 0.4) is 0 Å². The summed E-state index contributed by atoms with van der Waals surface area (Å²) in [6, 6.07) is 61.6. The lowest BCUT2D eigenvalue weighted by atomic mass is 9.82. The van der Waals surface area contributed by atoms with E-state index in [2.05, 4.69) is 167 Å². The number of aliphatic imine (C=N–C) groups is 2. The van der Waals surface area contributed by atoms with Gasteiger partial charge in [-0.2, -0.15) is 0 Å². The molecule has 0 amide bonds. The van der Waals surface area contributed by atoms with Crippen LogP contribution in [-0.2, 0) is 5.41 Å². The number of furan rings is 1. The van der Waals surface area contributed by atoms with E-state index >= 15 is 0 Å². The molecule has 9 aromatic rings. The number of fused-ring (bicyclic) bond motifs is 8. The van der Waals surface area contributed by atoms with Crippen molar-refractivity contribution in [3.63, 3.8) is 0 Å². The van der Waals surface area contributed by atoms with Crippen molar-refractivity contribution in [2.45, 2.75) is 19.3 Å². The maximum Gasteiger partial charge on any atom is 0.164 e. The predicted octanol–water partition coefficient (Wildman–Crippen LogP) is 14.5. The molecule has 0 atom stereocenters. The average molecular weight is 745 g/mol. The highest BCUT2D eigenvalue weighted by molar-refractivity contribution is 6.27. The van der Waals surface area contributed by atoms with Crippen molar-refractivity contribution in [1.82, 2.24) is 0 Å². The monoisotopic (exact) mass is 744 g/mol. The lowest BCUT2D eigenvalue weighted by Crippen LogP contribution is -2.14. The molecule has 0 unspecified atom stereocenters. The molecule has 1 aliphatic carbocycles. The van der Waals surface area contributed by atoms with Crippen molar-refractivity contribution in [2.75, 3.05) is 0 Å². The van der Waals surface area contributed by atoms with Gasteiger partial charge in [-0.05, 0) is 97.3 Å². The lowest BCUT2D eigenvalue weighted by Gasteiger charge is -2.21.